The summed E-state index contributed by atoms with van der Waals surface area (Å²) in [5.74, 6) is 0.450. The molecule has 8 nitrogen and oxygen atoms in total. The highest BCUT2D eigenvalue weighted by atomic mass is 19.4. The Labute approximate surface area is 243 Å². The van der Waals surface area contributed by atoms with Crippen LogP contribution in [0.4, 0.5) is 27.8 Å². The first-order chi connectivity index (χ1) is 20.7. The third kappa shape index (κ3) is 4.41. The lowest BCUT2D eigenvalue weighted by Gasteiger charge is -2.34. The number of piperidine rings is 1. The molecule has 4 aromatic rings. The van der Waals surface area contributed by atoms with Crippen LogP contribution in [0.25, 0.3) is 33.1 Å². The van der Waals surface area contributed by atoms with E-state index in [1.807, 2.05) is 0 Å². The molecule has 1 N–H and O–H groups in total. The molecule has 4 fully saturated rings. The lowest BCUT2D eigenvalue weighted by atomic mass is 9.95. The first-order valence-corrected chi connectivity index (χ1v) is 14.9. The molecule has 1 aliphatic carbocycles. The Bertz CT molecular complexity index is 1710. The lowest BCUT2D eigenvalue weighted by Crippen LogP contribution is -2.43. The summed E-state index contributed by atoms with van der Waals surface area (Å²) >= 11 is 0. The van der Waals surface area contributed by atoms with E-state index in [0.717, 1.165) is 57.8 Å². The zero-order valence-electron chi connectivity index (χ0n) is 23.3. The van der Waals surface area contributed by atoms with E-state index >= 15 is 4.39 Å². The van der Waals surface area contributed by atoms with Gasteiger partial charge >= 0.3 is 12.2 Å². The van der Waals surface area contributed by atoms with E-state index in [-0.39, 0.29) is 23.5 Å². The Morgan fingerprint density at radius 3 is 2.65 bits per heavy atom. The first-order valence-electron chi connectivity index (χ1n) is 14.9. The van der Waals surface area contributed by atoms with Crippen LogP contribution in [-0.2, 0) is 6.18 Å². The van der Waals surface area contributed by atoms with Gasteiger partial charge in [-0.25, -0.2) is 8.78 Å². The highest BCUT2D eigenvalue weighted by molar-refractivity contribution is 5.99. The van der Waals surface area contributed by atoms with Crippen molar-refractivity contribution >= 4 is 27.6 Å². The molecule has 4 aliphatic rings. The van der Waals surface area contributed by atoms with Crippen molar-refractivity contribution in [2.75, 3.05) is 37.7 Å². The number of nitrogens with zero attached hydrogens (tertiary/aromatic N) is 6. The predicted molar refractivity (Wildman–Crippen MR) is 149 cm³/mol. The molecule has 2 bridgehead atoms. The van der Waals surface area contributed by atoms with Gasteiger partial charge in [0.2, 0.25) is 0 Å². The van der Waals surface area contributed by atoms with Gasteiger partial charge in [-0.2, -0.15) is 28.2 Å². The number of alkyl halides is 4. The number of hydrogen-bond donors (Lipinski definition) is 1. The van der Waals surface area contributed by atoms with Crippen molar-refractivity contribution in [3.8, 4) is 17.3 Å². The maximum absolute atomic E-state index is 16.6. The number of aromatic amines is 1. The summed E-state index contributed by atoms with van der Waals surface area (Å²) in [6, 6.07) is 2.09. The Kier molecular flexibility index (Phi) is 6.08. The number of halogens is 5. The van der Waals surface area contributed by atoms with Crippen molar-refractivity contribution in [3.05, 3.63) is 35.9 Å². The molecule has 1 aromatic carbocycles. The van der Waals surface area contributed by atoms with Gasteiger partial charge in [0.15, 0.2) is 5.82 Å². The van der Waals surface area contributed by atoms with Crippen LogP contribution in [0, 0.1) is 17.7 Å². The number of fused-ring (bicyclic) bond motifs is 5. The minimum atomic E-state index is -4.76. The second kappa shape index (κ2) is 9.70. The van der Waals surface area contributed by atoms with Crippen molar-refractivity contribution in [3.63, 3.8) is 0 Å². The summed E-state index contributed by atoms with van der Waals surface area (Å²) in [5, 5.41) is 6.95. The highest BCUT2D eigenvalue weighted by Gasteiger charge is 2.49. The summed E-state index contributed by atoms with van der Waals surface area (Å²) in [6.07, 6.45) is 2.32. The van der Waals surface area contributed by atoms with Crippen molar-refractivity contribution in [2.24, 2.45) is 11.8 Å². The quantitative estimate of drug-likeness (QED) is 0.285. The van der Waals surface area contributed by atoms with E-state index in [9.17, 15) is 17.6 Å². The fourth-order valence-corrected chi connectivity index (χ4v) is 8.04. The zero-order valence-corrected chi connectivity index (χ0v) is 23.3. The van der Waals surface area contributed by atoms with Gasteiger partial charge in [0.05, 0.1) is 28.2 Å². The second-order valence-corrected chi connectivity index (χ2v) is 12.6. The standard InChI is InChI=1S/C30H30F5N7O/c31-18-9-29(6-1-7-42(29)14-18)15-43-28-38-25-20(27(39-28)41-12-16-2-3-17(8-16)13-41)10-36-26(24(25)32)23-19-11-37-40-22(19)5-4-21(23)30(33,34)35/h4-5,10-11,16-18H,1-3,6-9,12-15H2,(H,37,40)/t16?,17?,18-,29+/m1/s1. The Balaban J connectivity index is 1.27. The Morgan fingerprint density at radius 2 is 1.86 bits per heavy atom. The smallest absolute Gasteiger partial charge is 0.417 e. The Morgan fingerprint density at radius 1 is 1.05 bits per heavy atom. The number of anilines is 1. The van der Waals surface area contributed by atoms with Gasteiger partial charge in [-0.3, -0.25) is 15.0 Å². The third-order valence-electron chi connectivity index (χ3n) is 9.95. The number of hydrogen-bond acceptors (Lipinski definition) is 7. The summed E-state index contributed by atoms with van der Waals surface area (Å²) in [4.78, 5) is 17.6. The summed E-state index contributed by atoms with van der Waals surface area (Å²) < 4.78 is 79.7. The van der Waals surface area contributed by atoms with E-state index in [1.165, 1.54) is 18.5 Å². The van der Waals surface area contributed by atoms with Crippen LogP contribution >= 0.6 is 0 Å². The van der Waals surface area contributed by atoms with Crippen molar-refractivity contribution in [2.45, 2.75) is 56.4 Å². The SMILES string of the molecule is Fc1c(-c2c(C(F)(F)F)ccc3[nH]ncc23)ncc2c(N3CC4CCC(C4)C3)nc(OC[C@@]34CCCN3C[C@H](F)C4)nc12. The lowest BCUT2D eigenvalue weighted by molar-refractivity contribution is -0.137. The highest BCUT2D eigenvalue weighted by Crippen LogP contribution is 2.45. The van der Waals surface area contributed by atoms with Crippen molar-refractivity contribution < 1.29 is 26.7 Å². The van der Waals surface area contributed by atoms with E-state index in [2.05, 4.69) is 30.0 Å². The molecule has 1 saturated carbocycles. The molecule has 0 amide bonds. The number of rotatable bonds is 5. The molecule has 6 heterocycles. The first kappa shape index (κ1) is 27.0. The van der Waals surface area contributed by atoms with Gasteiger partial charge in [0.1, 0.15) is 29.8 Å². The van der Waals surface area contributed by atoms with Crippen LogP contribution in [-0.4, -0.2) is 74.5 Å². The van der Waals surface area contributed by atoms with Gasteiger partial charge in [-0.05, 0) is 62.6 Å². The van der Waals surface area contributed by atoms with E-state index < -0.39 is 40.5 Å². The average Bonchev–Trinajstić information content (AvgIpc) is 3.74. The minimum absolute atomic E-state index is 0.0717. The zero-order chi connectivity index (χ0) is 29.5. The molecule has 226 valence electrons. The fraction of sp³-hybridized carbons (Fsp3) is 0.533. The molecule has 0 radical (unpaired) electrons. The summed E-state index contributed by atoms with van der Waals surface area (Å²) in [6.45, 7) is 2.76. The van der Waals surface area contributed by atoms with E-state index in [0.29, 0.717) is 41.5 Å². The van der Waals surface area contributed by atoms with Gasteiger partial charge in [0.25, 0.3) is 0 Å². The van der Waals surface area contributed by atoms with Crippen LogP contribution < -0.4 is 9.64 Å². The van der Waals surface area contributed by atoms with Crippen LogP contribution in [0.1, 0.15) is 44.1 Å². The largest absolute Gasteiger partial charge is 0.461 e. The molecule has 3 saturated heterocycles. The maximum atomic E-state index is 16.6. The number of pyridine rings is 1. The number of benzene rings is 1. The number of ether oxygens (including phenoxy) is 1. The molecule has 3 aliphatic heterocycles. The van der Waals surface area contributed by atoms with Gasteiger partial charge in [-0.15, -0.1) is 0 Å². The third-order valence-corrected chi connectivity index (χ3v) is 9.95. The molecular formula is C30H30F5N7O. The molecular weight excluding hydrogens is 569 g/mol. The van der Waals surface area contributed by atoms with Gasteiger partial charge in [0, 0.05) is 43.2 Å². The van der Waals surface area contributed by atoms with Crippen LogP contribution in [0.15, 0.2) is 24.5 Å². The van der Waals surface area contributed by atoms with Gasteiger partial charge in [-0.1, -0.05) is 0 Å². The molecule has 2 unspecified atom stereocenters. The van der Waals surface area contributed by atoms with Crippen molar-refractivity contribution in [1.29, 1.82) is 0 Å². The summed E-state index contributed by atoms with van der Waals surface area (Å²) in [5.41, 5.74) is -2.21. The van der Waals surface area contributed by atoms with Crippen LogP contribution in [0.3, 0.4) is 0 Å². The number of aromatic nitrogens is 5. The normalized spacial score (nSPS) is 27.5. The number of nitrogens with one attached hydrogen (secondary N) is 1. The topological polar surface area (TPSA) is 83.1 Å². The van der Waals surface area contributed by atoms with Gasteiger partial charge < -0.3 is 9.64 Å². The van der Waals surface area contributed by atoms with Crippen LogP contribution in [0.5, 0.6) is 6.01 Å². The Hall–Kier alpha value is -3.61. The fourth-order valence-electron chi connectivity index (χ4n) is 8.04. The van der Waals surface area contributed by atoms with Crippen LogP contribution in [0.2, 0.25) is 0 Å². The van der Waals surface area contributed by atoms with E-state index in [4.69, 9.17) is 9.72 Å². The molecule has 43 heavy (non-hydrogen) atoms. The molecule has 13 heteroatoms. The number of H-pyrrole nitrogens is 1. The summed E-state index contributed by atoms with van der Waals surface area (Å²) in [7, 11) is 0. The molecule has 4 atom stereocenters. The molecule has 3 aromatic heterocycles. The molecule has 8 rings (SSSR count). The molecule has 0 spiro atoms. The monoisotopic (exact) mass is 599 g/mol. The van der Waals surface area contributed by atoms with E-state index in [1.54, 1.807) is 0 Å². The van der Waals surface area contributed by atoms with Crippen molar-refractivity contribution in [1.82, 2.24) is 30.0 Å². The minimum Gasteiger partial charge on any atom is -0.461 e. The predicted octanol–water partition coefficient (Wildman–Crippen LogP) is 5.92. The maximum Gasteiger partial charge on any atom is 0.417 e. The average molecular weight is 600 g/mol. The second-order valence-electron chi connectivity index (χ2n) is 12.6.